The summed E-state index contributed by atoms with van der Waals surface area (Å²) in [6, 6.07) is 9.14. The number of carbonyl (C=O) groups excluding carboxylic acids is 1. The molecule has 2 rings (SSSR count). The standard InChI is InChI=1S/C18H25N3O3/c1-13-7-8-14(15(10-13)21(3)4)11-19-17(22)20-12-18(2,23)16-6-5-9-24-16/h5-10,23H,11-12H2,1-4H3,(H2,19,20,22). The minimum Gasteiger partial charge on any atom is -0.466 e. The van der Waals surface area contributed by atoms with E-state index in [-0.39, 0.29) is 12.6 Å². The molecular weight excluding hydrogens is 306 g/mol. The Balaban J connectivity index is 1.90. The Morgan fingerprint density at radius 3 is 2.67 bits per heavy atom. The van der Waals surface area contributed by atoms with Gasteiger partial charge in [0.2, 0.25) is 0 Å². The van der Waals surface area contributed by atoms with Gasteiger partial charge in [0, 0.05) is 26.3 Å². The highest BCUT2D eigenvalue weighted by atomic mass is 16.4. The zero-order valence-corrected chi connectivity index (χ0v) is 14.6. The van der Waals surface area contributed by atoms with E-state index in [1.165, 1.54) is 11.8 Å². The van der Waals surface area contributed by atoms with Crippen LogP contribution in [0.1, 0.15) is 23.8 Å². The molecule has 1 atom stereocenters. The molecule has 0 aliphatic heterocycles. The Morgan fingerprint density at radius 1 is 1.29 bits per heavy atom. The summed E-state index contributed by atoms with van der Waals surface area (Å²) in [6.45, 7) is 4.09. The second-order valence-corrected chi connectivity index (χ2v) is 6.31. The van der Waals surface area contributed by atoms with Gasteiger partial charge in [-0.25, -0.2) is 4.79 Å². The molecule has 0 aliphatic rings. The van der Waals surface area contributed by atoms with E-state index >= 15 is 0 Å². The summed E-state index contributed by atoms with van der Waals surface area (Å²) in [5.41, 5.74) is 2.01. The Kier molecular flexibility index (Phi) is 5.51. The average Bonchev–Trinajstić information content (AvgIpc) is 3.07. The second-order valence-electron chi connectivity index (χ2n) is 6.31. The van der Waals surface area contributed by atoms with Gasteiger partial charge in [0.15, 0.2) is 0 Å². The first kappa shape index (κ1) is 17.9. The molecule has 0 spiro atoms. The number of hydrogen-bond donors (Lipinski definition) is 3. The van der Waals surface area contributed by atoms with Gasteiger partial charge in [-0.15, -0.1) is 0 Å². The lowest BCUT2D eigenvalue weighted by Crippen LogP contribution is -2.43. The first-order valence-electron chi connectivity index (χ1n) is 7.84. The largest absolute Gasteiger partial charge is 0.466 e. The third kappa shape index (κ3) is 4.52. The highest BCUT2D eigenvalue weighted by Gasteiger charge is 2.26. The molecule has 0 fully saturated rings. The van der Waals surface area contributed by atoms with E-state index in [0.717, 1.165) is 11.3 Å². The van der Waals surface area contributed by atoms with E-state index in [9.17, 15) is 9.90 Å². The van der Waals surface area contributed by atoms with E-state index in [2.05, 4.69) is 16.7 Å². The molecule has 0 aliphatic carbocycles. The molecule has 3 N–H and O–H groups in total. The van der Waals surface area contributed by atoms with Crippen LogP contribution in [0.25, 0.3) is 0 Å². The summed E-state index contributed by atoms with van der Waals surface area (Å²) in [6.07, 6.45) is 1.49. The molecule has 1 aromatic carbocycles. The topological polar surface area (TPSA) is 77.7 Å². The first-order valence-corrected chi connectivity index (χ1v) is 7.84. The van der Waals surface area contributed by atoms with E-state index in [1.54, 1.807) is 19.1 Å². The lowest BCUT2D eigenvalue weighted by molar-refractivity contribution is 0.0367. The minimum absolute atomic E-state index is 0.0563. The molecule has 6 nitrogen and oxygen atoms in total. The summed E-state index contributed by atoms with van der Waals surface area (Å²) in [5.74, 6) is 0.413. The molecule has 0 radical (unpaired) electrons. The molecular formula is C18H25N3O3. The number of carbonyl (C=O) groups is 1. The van der Waals surface area contributed by atoms with Gasteiger partial charge in [0.25, 0.3) is 0 Å². The molecule has 130 valence electrons. The number of urea groups is 1. The van der Waals surface area contributed by atoms with Crippen LogP contribution in [0.2, 0.25) is 0 Å². The number of benzene rings is 1. The zero-order chi connectivity index (χ0) is 17.7. The quantitative estimate of drug-likeness (QED) is 0.759. The number of aliphatic hydroxyl groups is 1. The summed E-state index contributed by atoms with van der Waals surface area (Å²) >= 11 is 0. The number of amides is 2. The first-order chi connectivity index (χ1) is 11.3. The summed E-state index contributed by atoms with van der Waals surface area (Å²) < 4.78 is 5.19. The third-order valence-corrected chi connectivity index (χ3v) is 3.81. The molecule has 1 unspecified atom stereocenters. The fraction of sp³-hybridized carbons (Fsp3) is 0.389. The lowest BCUT2D eigenvalue weighted by Gasteiger charge is -2.22. The number of aryl methyl sites for hydroxylation is 1. The van der Waals surface area contributed by atoms with E-state index in [1.807, 2.05) is 38.1 Å². The lowest BCUT2D eigenvalue weighted by atomic mass is 10.0. The average molecular weight is 331 g/mol. The van der Waals surface area contributed by atoms with Gasteiger partial charge in [-0.1, -0.05) is 12.1 Å². The summed E-state index contributed by atoms with van der Waals surface area (Å²) in [4.78, 5) is 14.0. The number of nitrogens with zero attached hydrogens (tertiary/aromatic N) is 1. The minimum atomic E-state index is -1.25. The maximum absolute atomic E-state index is 12.0. The molecule has 0 bridgehead atoms. The number of anilines is 1. The van der Waals surface area contributed by atoms with Crippen LogP contribution in [-0.4, -0.2) is 31.8 Å². The van der Waals surface area contributed by atoms with Crippen molar-refractivity contribution >= 4 is 11.7 Å². The van der Waals surface area contributed by atoms with E-state index in [4.69, 9.17) is 4.42 Å². The van der Waals surface area contributed by atoms with Gasteiger partial charge in [-0.3, -0.25) is 0 Å². The van der Waals surface area contributed by atoms with Crippen LogP contribution < -0.4 is 15.5 Å². The highest BCUT2D eigenvalue weighted by molar-refractivity contribution is 5.74. The van der Waals surface area contributed by atoms with Gasteiger partial charge in [0.1, 0.15) is 11.4 Å². The van der Waals surface area contributed by atoms with Crippen LogP contribution in [0.5, 0.6) is 0 Å². The van der Waals surface area contributed by atoms with Crippen molar-refractivity contribution in [3.63, 3.8) is 0 Å². The smallest absolute Gasteiger partial charge is 0.315 e. The molecule has 2 aromatic rings. The second kappa shape index (κ2) is 7.40. The number of hydrogen-bond acceptors (Lipinski definition) is 4. The molecule has 0 saturated carbocycles. The van der Waals surface area contributed by atoms with E-state index in [0.29, 0.717) is 12.3 Å². The van der Waals surface area contributed by atoms with Gasteiger partial charge >= 0.3 is 6.03 Å². The van der Waals surface area contributed by atoms with Crippen LogP contribution in [0.3, 0.4) is 0 Å². The number of furan rings is 1. The van der Waals surface area contributed by atoms with Gasteiger partial charge < -0.3 is 25.1 Å². The molecule has 2 amide bonds. The summed E-state index contributed by atoms with van der Waals surface area (Å²) in [5, 5.41) is 15.8. The third-order valence-electron chi connectivity index (χ3n) is 3.81. The van der Waals surface area contributed by atoms with Crippen molar-refractivity contribution in [2.24, 2.45) is 0 Å². The van der Waals surface area contributed by atoms with Crippen LogP contribution in [-0.2, 0) is 12.1 Å². The number of nitrogens with one attached hydrogen (secondary N) is 2. The van der Waals surface area contributed by atoms with Crippen molar-refractivity contribution in [2.45, 2.75) is 26.0 Å². The van der Waals surface area contributed by atoms with Crippen LogP contribution in [0.15, 0.2) is 41.0 Å². The zero-order valence-electron chi connectivity index (χ0n) is 14.6. The van der Waals surface area contributed by atoms with Crippen molar-refractivity contribution in [3.05, 3.63) is 53.5 Å². The fourth-order valence-electron chi connectivity index (χ4n) is 2.40. The Labute approximate surface area is 142 Å². The maximum atomic E-state index is 12.0. The molecule has 0 saturated heterocycles. The molecule has 24 heavy (non-hydrogen) atoms. The van der Waals surface area contributed by atoms with Gasteiger partial charge in [-0.2, -0.15) is 0 Å². The van der Waals surface area contributed by atoms with Crippen molar-refractivity contribution in [3.8, 4) is 0 Å². The van der Waals surface area contributed by atoms with Crippen molar-refractivity contribution in [1.29, 1.82) is 0 Å². The monoisotopic (exact) mass is 331 g/mol. The Morgan fingerprint density at radius 2 is 2.04 bits per heavy atom. The predicted octanol–water partition coefficient (Wildman–Crippen LogP) is 2.36. The van der Waals surface area contributed by atoms with Crippen LogP contribution in [0, 0.1) is 6.92 Å². The van der Waals surface area contributed by atoms with Crippen LogP contribution >= 0.6 is 0 Å². The van der Waals surface area contributed by atoms with Crippen LogP contribution in [0.4, 0.5) is 10.5 Å². The maximum Gasteiger partial charge on any atom is 0.315 e. The van der Waals surface area contributed by atoms with Crippen molar-refractivity contribution in [1.82, 2.24) is 10.6 Å². The highest BCUT2D eigenvalue weighted by Crippen LogP contribution is 2.21. The molecule has 1 aromatic heterocycles. The Hall–Kier alpha value is -2.47. The Bertz CT molecular complexity index is 679. The van der Waals surface area contributed by atoms with Gasteiger partial charge in [-0.05, 0) is 43.2 Å². The number of rotatable bonds is 6. The molecule has 6 heteroatoms. The summed E-state index contributed by atoms with van der Waals surface area (Å²) in [7, 11) is 3.94. The SMILES string of the molecule is Cc1ccc(CNC(=O)NCC(C)(O)c2ccco2)c(N(C)C)c1. The van der Waals surface area contributed by atoms with Crippen molar-refractivity contribution < 1.29 is 14.3 Å². The van der Waals surface area contributed by atoms with Gasteiger partial charge in [0.05, 0.1) is 12.8 Å². The van der Waals surface area contributed by atoms with Crippen molar-refractivity contribution in [2.75, 3.05) is 25.5 Å². The predicted molar refractivity (Wildman–Crippen MR) is 94.0 cm³/mol. The molecule has 1 heterocycles. The van der Waals surface area contributed by atoms with E-state index < -0.39 is 5.60 Å². The fourth-order valence-corrected chi connectivity index (χ4v) is 2.40. The normalized spacial score (nSPS) is 13.2.